The molecule has 0 fully saturated rings. The molecule has 4 nitrogen and oxygen atoms in total. The molecule has 0 aromatic heterocycles. The van der Waals surface area contributed by atoms with Crippen LogP contribution in [0.4, 0.5) is 4.79 Å². The van der Waals surface area contributed by atoms with Crippen molar-refractivity contribution in [3.05, 3.63) is 0 Å². The summed E-state index contributed by atoms with van der Waals surface area (Å²) in [5.74, 6) is 2.98. The molecule has 2 atom stereocenters. The number of aliphatic hydroxyl groups excluding tert-OH is 1. The highest BCUT2D eigenvalue weighted by molar-refractivity contribution is 6.83. The van der Waals surface area contributed by atoms with Gasteiger partial charge < -0.3 is 15.2 Å². The van der Waals surface area contributed by atoms with Crippen LogP contribution in [0.15, 0.2) is 0 Å². The van der Waals surface area contributed by atoms with Gasteiger partial charge in [0.2, 0.25) is 0 Å². The van der Waals surface area contributed by atoms with Gasteiger partial charge in [0.05, 0.1) is 0 Å². The second-order valence-corrected chi connectivity index (χ2v) is 11.6. The fourth-order valence-electron chi connectivity index (χ4n) is 1.17. The lowest BCUT2D eigenvalue weighted by atomic mass is 10.1. The molecule has 0 aromatic carbocycles. The molecule has 0 aliphatic rings. The molecule has 0 spiro atoms. The second kappa shape index (κ2) is 6.97. The largest absolute Gasteiger partial charge is 0.444 e. The van der Waals surface area contributed by atoms with Crippen molar-refractivity contribution in [3.8, 4) is 11.5 Å². The lowest BCUT2D eigenvalue weighted by molar-refractivity contribution is 0.0132. The second-order valence-electron chi connectivity index (χ2n) is 6.81. The van der Waals surface area contributed by atoms with Crippen LogP contribution in [0.25, 0.3) is 0 Å². The van der Waals surface area contributed by atoms with E-state index < -0.39 is 26.4 Å². The summed E-state index contributed by atoms with van der Waals surface area (Å²) in [6.45, 7) is 13.7. The molecular weight excluding hydrogens is 258 g/mol. The molecule has 0 aliphatic heterocycles. The maximum absolute atomic E-state index is 11.5. The van der Waals surface area contributed by atoms with Crippen LogP contribution in [0.5, 0.6) is 0 Å². The average molecular weight is 285 g/mol. The number of carbonyl (C=O) groups is 1. The normalized spacial score (nSPS) is 14.9. The third-order valence-electron chi connectivity index (χ3n) is 2.09. The van der Waals surface area contributed by atoms with Gasteiger partial charge in [-0.2, -0.15) is 0 Å². The zero-order chi connectivity index (χ0) is 15.3. The number of rotatable bonds is 3. The quantitative estimate of drug-likeness (QED) is 0.619. The van der Waals surface area contributed by atoms with Crippen LogP contribution in [0.3, 0.4) is 0 Å². The van der Waals surface area contributed by atoms with E-state index in [1.54, 1.807) is 6.92 Å². The minimum absolute atomic E-state index is 0.328. The Kier molecular flexibility index (Phi) is 6.60. The fourth-order valence-corrected chi connectivity index (χ4v) is 1.80. The average Bonchev–Trinajstić information content (AvgIpc) is 2.11. The lowest BCUT2D eigenvalue weighted by Gasteiger charge is -2.23. The van der Waals surface area contributed by atoms with Gasteiger partial charge in [-0.1, -0.05) is 19.6 Å². The number of ether oxygens (including phenoxy) is 1. The summed E-state index contributed by atoms with van der Waals surface area (Å²) in [6, 6.07) is 0. The first-order valence-corrected chi connectivity index (χ1v) is 10.1. The molecule has 1 amide bonds. The molecule has 0 unspecified atom stereocenters. The Morgan fingerprint density at radius 2 is 1.89 bits per heavy atom. The van der Waals surface area contributed by atoms with Crippen molar-refractivity contribution < 1.29 is 14.6 Å². The lowest BCUT2D eigenvalue weighted by Crippen LogP contribution is -2.43. The first kappa shape index (κ1) is 18.0. The fraction of sp³-hybridized carbons (Fsp3) is 0.786. The third kappa shape index (κ3) is 10.6. The summed E-state index contributed by atoms with van der Waals surface area (Å²) < 4.78 is 5.11. The molecule has 0 aliphatic carbocycles. The number of aliphatic hydroxyl groups is 1. The maximum Gasteiger partial charge on any atom is 0.407 e. The van der Waals surface area contributed by atoms with Gasteiger partial charge in [0.15, 0.2) is 0 Å². The first-order chi connectivity index (χ1) is 8.41. The van der Waals surface area contributed by atoms with E-state index in [9.17, 15) is 9.90 Å². The summed E-state index contributed by atoms with van der Waals surface area (Å²) >= 11 is 0. The predicted molar refractivity (Wildman–Crippen MR) is 80.6 cm³/mol. The van der Waals surface area contributed by atoms with Crippen LogP contribution in [-0.2, 0) is 4.74 Å². The molecule has 0 saturated carbocycles. The van der Waals surface area contributed by atoms with Gasteiger partial charge in [0.25, 0.3) is 0 Å². The van der Waals surface area contributed by atoms with E-state index in [0.29, 0.717) is 6.42 Å². The Morgan fingerprint density at radius 1 is 1.37 bits per heavy atom. The zero-order valence-corrected chi connectivity index (χ0v) is 14.1. The van der Waals surface area contributed by atoms with Gasteiger partial charge in [0, 0.05) is 12.0 Å². The monoisotopic (exact) mass is 285 g/mol. The Hall–Kier alpha value is -0.993. The number of alkyl carbamates (subject to hydrolysis) is 1. The molecule has 0 rings (SSSR count). The standard InChI is InChI=1S/C14H27NO3Si/c1-11(18-13(17)15-14(2,3)4)12(16)9-8-10-19(5,6)7/h11-12,16H,9H2,1-7H3,(H,15,17)/t11-,12-/m0/s1. The van der Waals surface area contributed by atoms with Crippen LogP contribution in [0, 0.1) is 11.5 Å². The minimum atomic E-state index is -1.41. The van der Waals surface area contributed by atoms with E-state index >= 15 is 0 Å². The predicted octanol–water partition coefficient (Wildman–Crippen LogP) is 2.53. The Labute approximate surface area is 117 Å². The molecular formula is C14H27NO3Si. The Balaban J connectivity index is 4.23. The highest BCUT2D eigenvalue weighted by atomic mass is 28.3. The summed E-state index contributed by atoms with van der Waals surface area (Å²) in [6.07, 6.45) is -1.51. The van der Waals surface area contributed by atoms with Gasteiger partial charge in [-0.05, 0) is 27.7 Å². The number of hydrogen-bond acceptors (Lipinski definition) is 3. The third-order valence-corrected chi connectivity index (χ3v) is 3.01. The van der Waals surface area contributed by atoms with Crippen LogP contribution in [0.1, 0.15) is 34.1 Å². The summed E-state index contributed by atoms with van der Waals surface area (Å²) in [4.78, 5) is 11.5. The van der Waals surface area contributed by atoms with Crippen molar-refractivity contribution in [1.82, 2.24) is 5.32 Å². The van der Waals surface area contributed by atoms with Crippen molar-refractivity contribution in [2.45, 2.75) is 71.5 Å². The van der Waals surface area contributed by atoms with Gasteiger partial charge in [-0.25, -0.2) is 4.79 Å². The van der Waals surface area contributed by atoms with Crippen molar-refractivity contribution in [1.29, 1.82) is 0 Å². The molecule has 0 aromatic rings. The molecule has 0 radical (unpaired) electrons. The van der Waals surface area contributed by atoms with Crippen molar-refractivity contribution >= 4 is 14.2 Å². The highest BCUT2D eigenvalue weighted by Crippen LogP contribution is 2.06. The van der Waals surface area contributed by atoms with Crippen LogP contribution in [0.2, 0.25) is 19.6 Å². The van der Waals surface area contributed by atoms with E-state index in [-0.39, 0.29) is 5.54 Å². The van der Waals surface area contributed by atoms with Crippen LogP contribution >= 0.6 is 0 Å². The van der Waals surface area contributed by atoms with Crippen molar-refractivity contribution in [2.24, 2.45) is 0 Å². The Morgan fingerprint density at radius 3 is 2.32 bits per heavy atom. The van der Waals surface area contributed by atoms with E-state index in [1.807, 2.05) is 20.8 Å². The van der Waals surface area contributed by atoms with E-state index in [4.69, 9.17) is 4.74 Å². The number of nitrogens with one attached hydrogen (secondary N) is 1. The molecule has 0 bridgehead atoms. The topological polar surface area (TPSA) is 58.6 Å². The molecule has 0 saturated heterocycles. The van der Waals surface area contributed by atoms with E-state index in [1.165, 1.54) is 0 Å². The number of hydrogen-bond donors (Lipinski definition) is 2. The van der Waals surface area contributed by atoms with Gasteiger partial charge in [0.1, 0.15) is 20.3 Å². The van der Waals surface area contributed by atoms with Gasteiger partial charge >= 0.3 is 6.09 Å². The number of amides is 1. The van der Waals surface area contributed by atoms with Crippen molar-refractivity contribution in [2.75, 3.05) is 0 Å². The molecule has 5 heteroatoms. The van der Waals surface area contributed by atoms with Crippen molar-refractivity contribution in [3.63, 3.8) is 0 Å². The summed E-state index contributed by atoms with van der Waals surface area (Å²) in [7, 11) is -1.41. The first-order valence-electron chi connectivity index (χ1n) is 6.57. The molecule has 2 N–H and O–H groups in total. The maximum atomic E-state index is 11.5. The van der Waals surface area contributed by atoms with Gasteiger partial charge in [-0.3, -0.25) is 0 Å². The summed E-state index contributed by atoms with van der Waals surface area (Å²) in [5.41, 5.74) is 2.82. The van der Waals surface area contributed by atoms with E-state index in [0.717, 1.165) is 0 Å². The smallest absolute Gasteiger partial charge is 0.407 e. The number of carbonyl (C=O) groups excluding carboxylic acids is 1. The molecule has 110 valence electrons. The van der Waals surface area contributed by atoms with Gasteiger partial charge in [-0.15, -0.1) is 11.5 Å². The summed E-state index contributed by atoms with van der Waals surface area (Å²) in [5, 5.41) is 12.6. The zero-order valence-electron chi connectivity index (χ0n) is 13.1. The minimum Gasteiger partial charge on any atom is -0.444 e. The van der Waals surface area contributed by atoms with Crippen LogP contribution in [-0.4, -0.2) is 37.0 Å². The Bertz CT molecular complexity index is 358. The van der Waals surface area contributed by atoms with E-state index in [2.05, 4.69) is 36.4 Å². The SMILES string of the molecule is C[C@H](OC(=O)NC(C)(C)C)[C@@H](O)CC#C[Si](C)(C)C. The molecule has 0 heterocycles. The molecule has 19 heavy (non-hydrogen) atoms. The van der Waals surface area contributed by atoms with Crippen LogP contribution < -0.4 is 5.32 Å². The highest BCUT2D eigenvalue weighted by Gasteiger charge is 2.21.